The summed E-state index contributed by atoms with van der Waals surface area (Å²) >= 11 is 0. The number of aromatic hydroxyl groups is 1. The number of aryl methyl sites for hydroxylation is 1. The molecule has 0 fully saturated rings. The highest BCUT2D eigenvalue weighted by molar-refractivity contribution is 5.97. The van der Waals surface area contributed by atoms with Crippen molar-refractivity contribution in [3.05, 3.63) is 53.6 Å². The van der Waals surface area contributed by atoms with Crippen LogP contribution in [0.15, 0.2) is 42.5 Å². The van der Waals surface area contributed by atoms with E-state index in [1.807, 2.05) is 18.2 Å². The summed E-state index contributed by atoms with van der Waals surface area (Å²) in [6.45, 7) is 0.651. The van der Waals surface area contributed by atoms with Crippen molar-refractivity contribution in [3.8, 4) is 17.2 Å². The van der Waals surface area contributed by atoms with Crippen LogP contribution in [0, 0.1) is 0 Å². The fourth-order valence-electron chi connectivity index (χ4n) is 2.35. The highest BCUT2D eigenvalue weighted by atomic mass is 16.7. The Hall–Kier alpha value is -2.69. The molecule has 2 aromatic carbocycles. The van der Waals surface area contributed by atoms with Crippen LogP contribution in [0.4, 0.5) is 0 Å². The molecule has 2 N–H and O–H groups in total. The number of ether oxygens (including phenoxy) is 2. The van der Waals surface area contributed by atoms with Gasteiger partial charge in [-0.25, -0.2) is 0 Å². The normalized spacial score (nSPS) is 12.2. The van der Waals surface area contributed by atoms with Gasteiger partial charge in [0, 0.05) is 18.7 Å². The first-order valence-electron chi connectivity index (χ1n) is 7.19. The Kier molecular flexibility index (Phi) is 4.14. The van der Waals surface area contributed by atoms with Crippen molar-refractivity contribution in [2.45, 2.75) is 12.8 Å². The molecule has 0 spiro atoms. The van der Waals surface area contributed by atoms with E-state index >= 15 is 0 Å². The molecule has 5 nitrogen and oxygen atoms in total. The Labute approximate surface area is 128 Å². The lowest BCUT2D eigenvalue weighted by molar-refractivity contribution is 0.0950. The number of hydrogen-bond donors (Lipinski definition) is 2. The number of nitrogens with one attached hydrogen (secondary N) is 1. The van der Waals surface area contributed by atoms with Crippen LogP contribution in [0.5, 0.6) is 17.2 Å². The van der Waals surface area contributed by atoms with E-state index in [2.05, 4.69) is 17.4 Å². The first-order valence-corrected chi connectivity index (χ1v) is 7.19. The fraction of sp³-hybridized carbons (Fsp3) is 0.235. The van der Waals surface area contributed by atoms with Gasteiger partial charge < -0.3 is 19.9 Å². The van der Waals surface area contributed by atoms with Crippen LogP contribution in [-0.4, -0.2) is 24.4 Å². The molecule has 2 aromatic rings. The molecule has 0 aliphatic carbocycles. The van der Waals surface area contributed by atoms with Crippen molar-refractivity contribution < 1.29 is 19.4 Å². The first-order chi connectivity index (χ1) is 10.7. The number of benzene rings is 2. The van der Waals surface area contributed by atoms with E-state index in [9.17, 15) is 9.90 Å². The SMILES string of the molecule is O=C(NCCCc1ccccc1)c1cc2c(cc1O)OCO2. The summed E-state index contributed by atoms with van der Waals surface area (Å²) in [5.41, 5.74) is 1.44. The van der Waals surface area contributed by atoms with E-state index in [0.717, 1.165) is 12.8 Å². The Balaban J connectivity index is 1.54. The summed E-state index contributed by atoms with van der Waals surface area (Å²) in [6, 6.07) is 13.0. The smallest absolute Gasteiger partial charge is 0.255 e. The minimum Gasteiger partial charge on any atom is -0.507 e. The van der Waals surface area contributed by atoms with Gasteiger partial charge in [-0.3, -0.25) is 4.79 Å². The van der Waals surface area contributed by atoms with Gasteiger partial charge in [0.1, 0.15) is 5.75 Å². The quantitative estimate of drug-likeness (QED) is 0.832. The van der Waals surface area contributed by atoms with Crippen molar-refractivity contribution in [2.24, 2.45) is 0 Å². The summed E-state index contributed by atoms with van der Waals surface area (Å²) in [5, 5.41) is 12.7. The van der Waals surface area contributed by atoms with Gasteiger partial charge in [-0.1, -0.05) is 30.3 Å². The molecule has 114 valence electrons. The predicted molar refractivity (Wildman–Crippen MR) is 81.3 cm³/mol. The zero-order chi connectivity index (χ0) is 15.4. The third-order valence-corrected chi connectivity index (χ3v) is 3.51. The van der Waals surface area contributed by atoms with Crippen LogP contribution in [0.1, 0.15) is 22.3 Å². The van der Waals surface area contributed by atoms with E-state index < -0.39 is 0 Å². The van der Waals surface area contributed by atoms with Crippen LogP contribution in [0.3, 0.4) is 0 Å². The molecule has 5 heteroatoms. The maximum atomic E-state index is 12.1. The average molecular weight is 299 g/mol. The van der Waals surface area contributed by atoms with E-state index in [-0.39, 0.29) is 24.0 Å². The summed E-state index contributed by atoms with van der Waals surface area (Å²) in [7, 11) is 0. The van der Waals surface area contributed by atoms with Crippen molar-refractivity contribution in [1.82, 2.24) is 5.32 Å². The highest BCUT2D eigenvalue weighted by Crippen LogP contribution is 2.37. The molecule has 1 amide bonds. The van der Waals surface area contributed by atoms with Crippen molar-refractivity contribution >= 4 is 5.91 Å². The minimum atomic E-state index is -0.316. The summed E-state index contributed by atoms with van der Waals surface area (Å²) in [4.78, 5) is 12.1. The topological polar surface area (TPSA) is 67.8 Å². The van der Waals surface area contributed by atoms with Crippen LogP contribution in [-0.2, 0) is 6.42 Å². The van der Waals surface area contributed by atoms with Gasteiger partial charge in [0.15, 0.2) is 11.5 Å². The summed E-state index contributed by atoms with van der Waals surface area (Å²) in [5.74, 6) is 0.513. The van der Waals surface area contributed by atoms with Crippen LogP contribution >= 0.6 is 0 Å². The molecule has 22 heavy (non-hydrogen) atoms. The molecule has 0 bridgehead atoms. The third-order valence-electron chi connectivity index (χ3n) is 3.51. The van der Waals surface area contributed by atoms with Gasteiger partial charge in [0.05, 0.1) is 5.56 Å². The Morgan fingerprint density at radius 3 is 2.64 bits per heavy atom. The predicted octanol–water partition coefficient (Wildman–Crippen LogP) is 2.48. The first kappa shape index (κ1) is 14.3. The molecular formula is C17H17NO4. The monoisotopic (exact) mass is 299 g/mol. The minimum absolute atomic E-state index is 0.107. The maximum Gasteiger partial charge on any atom is 0.255 e. The average Bonchev–Trinajstić information content (AvgIpc) is 2.98. The van der Waals surface area contributed by atoms with Crippen molar-refractivity contribution in [3.63, 3.8) is 0 Å². The highest BCUT2D eigenvalue weighted by Gasteiger charge is 2.20. The maximum absolute atomic E-state index is 12.1. The van der Waals surface area contributed by atoms with Gasteiger partial charge in [-0.2, -0.15) is 0 Å². The van der Waals surface area contributed by atoms with Gasteiger partial charge in [0.25, 0.3) is 5.91 Å². The Morgan fingerprint density at radius 1 is 1.14 bits per heavy atom. The Bertz CT molecular complexity index is 670. The van der Waals surface area contributed by atoms with Gasteiger partial charge in [-0.15, -0.1) is 0 Å². The molecule has 0 atom stereocenters. The summed E-state index contributed by atoms with van der Waals surface area (Å²) < 4.78 is 10.4. The third kappa shape index (κ3) is 3.14. The molecule has 1 aliphatic heterocycles. The van der Waals surface area contributed by atoms with Crippen LogP contribution in [0.2, 0.25) is 0 Å². The van der Waals surface area contributed by atoms with Gasteiger partial charge in [0.2, 0.25) is 6.79 Å². The fourth-order valence-corrected chi connectivity index (χ4v) is 2.35. The number of rotatable bonds is 5. The van der Waals surface area contributed by atoms with Crippen LogP contribution < -0.4 is 14.8 Å². The molecular weight excluding hydrogens is 282 g/mol. The lowest BCUT2D eigenvalue weighted by atomic mass is 10.1. The molecule has 1 aliphatic rings. The molecule has 3 rings (SSSR count). The second-order valence-corrected chi connectivity index (χ2v) is 5.07. The van der Waals surface area contributed by atoms with E-state index in [1.54, 1.807) is 0 Å². The molecule has 0 radical (unpaired) electrons. The lowest BCUT2D eigenvalue weighted by Crippen LogP contribution is -2.24. The zero-order valence-electron chi connectivity index (χ0n) is 12.0. The molecule has 1 heterocycles. The number of hydrogen-bond acceptors (Lipinski definition) is 4. The zero-order valence-corrected chi connectivity index (χ0v) is 12.0. The molecule has 0 saturated heterocycles. The van der Waals surface area contributed by atoms with E-state index in [4.69, 9.17) is 9.47 Å². The van der Waals surface area contributed by atoms with Crippen molar-refractivity contribution in [2.75, 3.05) is 13.3 Å². The second kappa shape index (κ2) is 6.39. The largest absolute Gasteiger partial charge is 0.507 e. The van der Waals surface area contributed by atoms with Gasteiger partial charge >= 0.3 is 0 Å². The molecule has 0 saturated carbocycles. The van der Waals surface area contributed by atoms with Crippen molar-refractivity contribution in [1.29, 1.82) is 0 Å². The van der Waals surface area contributed by atoms with Crippen LogP contribution in [0.25, 0.3) is 0 Å². The van der Waals surface area contributed by atoms with E-state index in [0.29, 0.717) is 18.0 Å². The molecule has 0 aromatic heterocycles. The number of carbonyl (C=O) groups is 1. The van der Waals surface area contributed by atoms with Gasteiger partial charge in [-0.05, 0) is 18.4 Å². The number of fused-ring (bicyclic) bond motifs is 1. The number of amides is 1. The number of phenols is 1. The molecule has 0 unspecified atom stereocenters. The second-order valence-electron chi connectivity index (χ2n) is 5.07. The lowest BCUT2D eigenvalue weighted by Gasteiger charge is -2.08. The summed E-state index contributed by atoms with van der Waals surface area (Å²) in [6.07, 6.45) is 1.73. The van der Waals surface area contributed by atoms with E-state index in [1.165, 1.54) is 17.7 Å². The number of phenolic OH excluding ortho intramolecular Hbond substituents is 1. The number of carbonyl (C=O) groups excluding carboxylic acids is 1. The standard InChI is InChI=1S/C17H17NO4/c19-14-10-16-15(21-11-22-16)9-13(14)17(20)18-8-4-7-12-5-2-1-3-6-12/h1-3,5-6,9-10,19H,4,7-8,11H2,(H,18,20). The Morgan fingerprint density at radius 2 is 1.86 bits per heavy atom.